The Labute approximate surface area is 154 Å². The lowest BCUT2D eigenvalue weighted by molar-refractivity contribution is -0.133. The molecule has 7 nitrogen and oxygen atoms in total. The molecule has 1 amide bonds. The summed E-state index contributed by atoms with van der Waals surface area (Å²) in [6, 6.07) is 16.6. The molecule has 4 rings (SSSR count). The van der Waals surface area contributed by atoms with Gasteiger partial charge in [-0.2, -0.15) is 0 Å². The molecule has 0 saturated heterocycles. The number of benzene rings is 3. The molecule has 0 spiro atoms. The van der Waals surface area contributed by atoms with Gasteiger partial charge in [0.05, 0.1) is 12.1 Å². The summed E-state index contributed by atoms with van der Waals surface area (Å²) < 4.78 is 0. The molecule has 0 radical (unpaired) electrons. The minimum absolute atomic E-state index is 0.0778. The molecular weight excluding hydrogens is 348 g/mol. The maximum atomic E-state index is 12.8. The third-order valence-electron chi connectivity index (χ3n) is 4.78. The molecule has 1 heterocycles. The second-order valence-electron chi connectivity index (χ2n) is 6.48. The Kier molecular flexibility index (Phi) is 3.92. The lowest BCUT2D eigenvalue weighted by atomic mass is 9.87. The van der Waals surface area contributed by atoms with Gasteiger partial charge in [0, 0.05) is 16.8 Å². The highest BCUT2D eigenvalue weighted by Crippen LogP contribution is 2.41. The quantitative estimate of drug-likeness (QED) is 0.485. The average Bonchev–Trinajstić information content (AvgIpc) is 2.91. The number of Topliss-reactive ketones (excluding diaryl/α,β-unsaturated/α-hetero) is 1. The van der Waals surface area contributed by atoms with Gasteiger partial charge in [0.15, 0.2) is 11.4 Å². The van der Waals surface area contributed by atoms with Crippen LogP contribution < -0.4 is 10.5 Å². The van der Waals surface area contributed by atoms with Gasteiger partial charge >= 0.3 is 0 Å². The Morgan fingerprint density at radius 3 is 2.56 bits per heavy atom. The molecule has 0 bridgehead atoms. The van der Waals surface area contributed by atoms with Gasteiger partial charge in [0.2, 0.25) is 0 Å². The van der Waals surface area contributed by atoms with Crippen LogP contribution in [0.5, 0.6) is 0 Å². The first-order valence-corrected chi connectivity index (χ1v) is 8.25. The van der Waals surface area contributed by atoms with Crippen molar-refractivity contribution in [3.8, 4) is 0 Å². The van der Waals surface area contributed by atoms with Crippen LogP contribution in [0.3, 0.4) is 0 Å². The Bertz CT molecular complexity index is 1080. The minimum Gasteiger partial charge on any atom is -0.733 e. The number of hydrogen-bond donors (Lipinski definition) is 3. The second-order valence-corrected chi connectivity index (χ2v) is 6.48. The van der Waals surface area contributed by atoms with Crippen LogP contribution in [0.4, 0.5) is 11.4 Å². The Morgan fingerprint density at radius 1 is 1.07 bits per heavy atom. The Hall–Kier alpha value is -3.26. The molecule has 1 atom stereocenters. The zero-order valence-corrected chi connectivity index (χ0v) is 14.0. The first kappa shape index (κ1) is 17.2. The number of aliphatic hydroxyl groups is 1. The molecule has 1 aliphatic rings. The van der Waals surface area contributed by atoms with Crippen LogP contribution in [-0.2, 0) is 10.4 Å². The Balaban J connectivity index is 1.69. The Morgan fingerprint density at radius 2 is 1.81 bits per heavy atom. The van der Waals surface area contributed by atoms with E-state index < -0.39 is 23.7 Å². The molecule has 0 fully saturated rings. The van der Waals surface area contributed by atoms with E-state index in [1.165, 1.54) is 18.2 Å². The van der Waals surface area contributed by atoms with E-state index in [-0.39, 0.29) is 16.5 Å². The topological polar surface area (TPSA) is 113 Å². The van der Waals surface area contributed by atoms with Crippen molar-refractivity contribution in [2.75, 3.05) is 10.5 Å². The number of carbonyl (C=O) groups excluding carboxylic acids is 2. The summed E-state index contributed by atoms with van der Waals surface area (Å²) in [6.45, 7) is 0. The van der Waals surface area contributed by atoms with Crippen LogP contribution in [0, 0.1) is 5.21 Å². The summed E-state index contributed by atoms with van der Waals surface area (Å²) in [6.07, 6.45) is -0.488. The van der Waals surface area contributed by atoms with Gasteiger partial charge in [-0.25, -0.2) is 0 Å². The smallest absolute Gasteiger partial charge is 0.261 e. The zero-order valence-electron chi connectivity index (χ0n) is 14.0. The third-order valence-corrected chi connectivity index (χ3v) is 4.78. The molecular formula is C20H15N2O5-. The normalized spacial score (nSPS) is 18.3. The highest BCUT2D eigenvalue weighted by Gasteiger charge is 2.47. The number of rotatable bonds is 4. The number of fused-ring (bicyclic) bond motifs is 2. The van der Waals surface area contributed by atoms with Gasteiger partial charge in [-0.3, -0.25) is 14.8 Å². The number of anilines is 2. The van der Waals surface area contributed by atoms with Crippen molar-refractivity contribution in [1.82, 2.24) is 0 Å². The van der Waals surface area contributed by atoms with E-state index in [1.807, 2.05) is 24.3 Å². The predicted octanol–water partition coefficient (Wildman–Crippen LogP) is 2.95. The van der Waals surface area contributed by atoms with Crippen molar-refractivity contribution in [1.29, 1.82) is 0 Å². The summed E-state index contributed by atoms with van der Waals surface area (Å²) in [5.74, 6) is -1.17. The molecule has 3 aromatic carbocycles. The fourth-order valence-electron chi connectivity index (χ4n) is 3.32. The van der Waals surface area contributed by atoms with Crippen molar-refractivity contribution in [3.05, 3.63) is 77.0 Å². The largest absolute Gasteiger partial charge is 0.733 e. The molecule has 136 valence electrons. The van der Waals surface area contributed by atoms with Crippen LogP contribution in [0.2, 0.25) is 0 Å². The van der Waals surface area contributed by atoms with Crippen molar-refractivity contribution >= 4 is 33.8 Å². The zero-order chi connectivity index (χ0) is 19.2. The van der Waals surface area contributed by atoms with E-state index in [0.29, 0.717) is 11.3 Å². The van der Waals surface area contributed by atoms with E-state index in [4.69, 9.17) is 5.21 Å². The van der Waals surface area contributed by atoms with Crippen LogP contribution >= 0.6 is 0 Å². The van der Waals surface area contributed by atoms with E-state index in [0.717, 1.165) is 10.8 Å². The number of amides is 1. The molecule has 3 N–H and O–H groups in total. The number of carbonyl (C=O) groups is 2. The van der Waals surface area contributed by atoms with E-state index in [2.05, 4.69) is 5.32 Å². The first-order chi connectivity index (χ1) is 12.9. The minimum atomic E-state index is -2.12. The molecule has 1 unspecified atom stereocenters. The summed E-state index contributed by atoms with van der Waals surface area (Å²) >= 11 is 0. The number of nitrogens with zero attached hydrogens (tertiary/aromatic N) is 1. The molecule has 27 heavy (non-hydrogen) atoms. The van der Waals surface area contributed by atoms with Gasteiger partial charge in [-0.05, 0) is 35.0 Å². The molecule has 3 aromatic rings. The maximum Gasteiger partial charge on any atom is 0.261 e. The summed E-state index contributed by atoms with van der Waals surface area (Å²) in [4.78, 5) is 25.1. The van der Waals surface area contributed by atoms with Gasteiger partial charge < -0.3 is 20.9 Å². The van der Waals surface area contributed by atoms with E-state index in [9.17, 15) is 19.9 Å². The molecule has 0 aromatic heterocycles. The average molecular weight is 363 g/mol. The highest BCUT2D eigenvalue weighted by molar-refractivity contribution is 6.10. The first-order valence-electron chi connectivity index (χ1n) is 8.25. The second kappa shape index (κ2) is 6.17. The fourth-order valence-corrected chi connectivity index (χ4v) is 3.32. The van der Waals surface area contributed by atoms with Gasteiger partial charge in [-0.1, -0.05) is 36.4 Å². The lowest BCUT2D eigenvalue weighted by Gasteiger charge is -2.24. The number of hydrogen-bond acceptors (Lipinski definition) is 6. The standard InChI is InChI=1S/C20H15N2O5/c23-18(14-6-5-12-3-1-2-4-13(12)9-14)11-20(25)16-10-15(22(26)27)7-8-17(16)21-19(20)24/h1-10,25-26H,11H2,(H,21,24)/q-1. The summed E-state index contributed by atoms with van der Waals surface area (Å²) in [7, 11) is 0. The molecule has 1 aliphatic heterocycles. The van der Waals surface area contributed by atoms with Crippen molar-refractivity contribution in [2.45, 2.75) is 12.0 Å². The van der Waals surface area contributed by atoms with E-state index in [1.54, 1.807) is 18.2 Å². The van der Waals surface area contributed by atoms with Crippen LogP contribution in [0.15, 0.2) is 60.7 Å². The van der Waals surface area contributed by atoms with Crippen LogP contribution in [0.25, 0.3) is 10.8 Å². The van der Waals surface area contributed by atoms with Gasteiger partial charge in [0.25, 0.3) is 5.91 Å². The lowest BCUT2D eigenvalue weighted by Crippen LogP contribution is -2.36. The van der Waals surface area contributed by atoms with Crippen LogP contribution in [-0.4, -0.2) is 22.0 Å². The van der Waals surface area contributed by atoms with Crippen molar-refractivity contribution in [2.24, 2.45) is 0 Å². The number of ketones is 1. The van der Waals surface area contributed by atoms with Gasteiger partial charge in [0.1, 0.15) is 0 Å². The SMILES string of the molecule is O=C(CC1(O)C(=O)Nc2ccc(N([O-])O)cc21)c1ccc2ccccc2c1. The van der Waals surface area contributed by atoms with E-state index >= 15 is 0 Å². The molecule has 0 aliphatic carbocycles. The van der Waals surface area contributed by atoms with Crippen molar-refractivity contribution < 1.29 is 19.9 Å². The monoisotopic (exact) mass is 363 g/mol. The maximum absolute atomic E-state index is 12.8. The summed E-state index contributed by atoms with van der Waals surface area (Å²) in [5, 5.41) is 35.1. The van der Waals surface area contributed by atoms with Crippen LogP contribution in [0.1, 0.15) is 22.3 Å². The molecule has 7 heteroatoms. The van der Waals surface area contributed by atoms with Crippen molar-refractivity contribution in [3.63, 3.8) is 0 Å². The molecule has 0 saturated carbocycles. The summed E-state index contributed by atoms with van der Waals surface area (Å²) in [5.41, 5.74) is -1.54. The fraction of sp³-hybridized carbons (Fsp3) is 0.100. The van der Waals surface area contributed by atoms with Gasteiger partial charge in [-0.15, -0.1) is 0 Å². The number of nitrogens with one attached hydrogen (secondary N) is 1. The third kappa shape index (κ3) is 2.83. The predicted molar refractivity (Wildman–Crippen MR) is 99.5 cm³/mol. The highest BCUT2D eigenvalue weighted by atomic mass is 16.8.